The van der Waals surface area contributed by atoms with Gasteiger partial charge in [0.15, 0.2) is 0 Å². The smallest absolute Gasteiger partial charge is 0.325 e. The predicted molar refractivity (Wildman–Crippen MR) is 102 cm³/mol. The minimum absolute atomic E-state index is 0.0499. The third kappa shape index (κ3) is 4.21. The van der Waals surface area contributed by atoms with Gasteiger partial charge in [-0.05, 0) is 50.4 Å². The van der Waals surface area contributed by atoms with Crippen LogP contribution >= 0.6 is 0 Å². The van der Waals surface area contributed by atoms with Crippen LogP contribution in [-0.2, 0) is 9.59 Å². The number of carbonyl (C=O) groups excluding carboxylic acids is 3. The zero-order valence-corrected chi connectivity index (χ0v) is 17.0. The molecule has 0 aromatic carbocycles. The molecule has 1 atom stereocenters. The summed E-state index contributed by atoms with van der Waals surface area (Å²) in [7, 11) is 0. The van der Waals surface area contributed by atoms with Crippen LogP contribution in [0.25, 0.3) is 0 Å². The van der Waals surface area contributed by atoms with Crippen molar-refractivity contribution in [1.82, 2.24) is 15.5 Å². The first-order valence-corrected chi connectivity index (χ1v) is 10.1. The zero-order chi connectivity index (χ0) is 19.5. The molecule has 1 aliphatic carbocycles. The number of imide groups is 1. The Balaban J connectivity index is 1.98. The third-order valence-corrected chi connectivity index (χ3v) is 6.53. The highest BCUT2D eigenvalue weighted by Gasteiger charge is 2.53. The van der Waals surface area contributed by atoms with Gasteiger partial charge < -0.3 is 10.6 Å². The van der Waals surface area contributed by atoms with E-state index >= 15 is 0 Å². The van der Waals surface area contributed by atoms with Gasteiger partial charge in [-0.2, -0.15) is 0 Å². The summed E-state index contributed by atoms with van der Waals surface area (Å²) >= 11 is 0. The highest BCUT2D eigenvalue weighted by molar-refractivity contribution is 6.09. The van der Waals surface area contributed by atoms with Crippen molar-refractivity contribution < 1.29 is 14.4 Å². The van der Waals surface area contributed by atoms with Crippen LogP contribution in [0.3, 0.4) is 0 Å². The largest absolute Gasteiger partial charge is 0.352 e. The number of amides is 4. The van der Waals surface area contributed by atoms with Crippen molar-refractivity contribution in [1.29, 1.82) is 0 Å². The Morgan fingerprint density at radius 3 is 2.46 bits per heavy atom. The van der Waals surface area contributed by atoms with E-state index in [0.29, 0.717) is 18.8 Å². The molecule has 1 saturated carbocycles. The average Bonchev–Trinajstić information content (AvgIpc) is 2.79. The Morgan fingerprint density at radius 2 is 1.92 bits per heavy atom. The lowest BCUT2D eigenvalue weighted by atomic mass is 9.65. The van der Waals surface area contributed by atoms with Crippen LogP contribution in [-0.4, -0.2) is 40.9 Å². The summed E-state index contributed by atoms with van der Waals surface area (Å²) < 4.78 is 0. The minimum Gasteiger partial charge on any atom is -0.352 e. The summed E-state index contributed by atoms with van der Waals surface area (Å²) in [5, 5.41) is 5.76. The lowest BCUT2D eigenvalue weighted by molar-refractivity contribution is -0.136. The quantitative estimate of drug-likeness (QED) is 0.680. The van der Waals surface area contributed by atoms with E-state index in [0.717, 1.165) is 37.0 Å². The van der Waals surface area contributed by atoms with Gasteiger partial charge >= 0.3 is 6.03 Å². The van der Waals surface area contributed by atoms with Crippen molar-refractivity contribution in [3.8, 4) is 0 Å². The zero-order valence-electron chi connectivity index (χ0n) is 17.0. The molecular weight excluding hydrogens is 330 g/mol. The molecule has 6 heteroatoms. The molecule has 0 bridgehead atoms. The van der Waals surface area contributed by atoms with E-state index in [4.69, 9.17) is 0 Å². The Labute approximate surface area is 157 Å². The van der Waals surface area contributed by atoms with Crippen LogP contribution in [0, 0.1) is 11.3 Å². The highest BCUT2D eigenvalue weighted by Crippen LogP contribution is 2.45. The molecule has 4 amide bonds. The molecule has 1 heterocycles. The van der Waals surface area contributed by atoms with Crippen LogP contribution < -0.4 is 10.6 Å². The fourth-order valence-electron chi connectivity index (χ4n) is 4.31. The molecule has 6 nitrogen and oxygen atoms in total. The molecule has 2 fully saturated rings. The number of rotatable bonds is 7. The lowest BCUT2D eigenvalue weighted by Gasteiger charge is -2.42. The lowest BCUT2D eigenvalue weighted by Crippen LogP contribution is -2.51. The summed E-state index contributed by atoms with van der Waals surface area (Å²) in [6, 6.07) is -0.379. The van der Waals surface area contributed by atoms with Crippen molar-refractivity contribution >= 4 is 17.8 Å². The molecule has 1 unspecified atom stereocenters. The third-order valence-electron chi connectivity index (χ3n) is 6.53. The second-order valence-electron chi connectivity index (χ2n) is 8.78. The Hall–Kier alpha value is -1.59. The minimum atomic E-state index is -0.799. The number of hydrogen-bond donors (Lipinski definition) is 2. The maximum absolute atomic E-state index is 12.9. The molecule has 1 aliphatic heterocycles. The number of urea groups is 1. The van der Waals surface area contributed by atoms with Gasteiger partial charge in [-0.3, -0.25) is 14.5 Å². The molecule has 148 valence electrons. The Morgan fingerprint density at radius 1 is 1.31 bits per heavy atom. The van der Waals surface area contributed by atoms with Crippen molar-refractivity contribution in [2.45, 2.75) is 91.1 Å². The molecule has 0 aromatic heterocycles. The van der Waals surface area contributed by atoms with Crippen molar-refractivity contribution in [3.63, 3.8) is 0 Å². The van der Waals surface area contributed by atoms with Gasteiger partial charge in [0.2, 0.25) is 5.91 Å². The molecule has 2 N–H and O–H groups in total. The van der Waals surface area contributed by atoms with E-state index in [1.807, 2.05) is 6.92 Å². The fourth-order valence-corrected chi connectivity index (χ4v) is 4.31. The topological polar surface area (TPSA) is 78.5 Å². The van der Waals surface area contributed by atoms with Gasteiger partial charge in [0, 0.05) is 6.04 Å². The van der Waals surface area contributed by atoms with Crippen LogP contribution in [0.4, 0.5) is 4.79 Å². The van der Waals surface area contributed by atoms with E-state index in [1.165, 1.54) is 0 Å². The van der Waals surface area contributed by atoms with E-state index in [-0.39, 0.29) is 29.8 Å². The monoisotopic (exact) mass is 365 g/mol. The molecule has 2 rings (SSSR count). The maximum Gasteiger partial charge on any atom is 0.325 e. The van der Waals surface area contributed by atoms with Crippen LogP contribution in [0.1, 0.15) is 79.6 Å². The van der Waals surface area contributed by atoms with Crippen molar-refractivity contribution in [2.24, 2.45) is 11.3 Å². The standard InChI is InChI=1S/C20H35N3O3/c1-6-8-14(3)21-16(24)13-23-17(25)20(22-18(23)26)11-9-15(10-12-20)19(4,5)7-2/h14-15H,6-13H2,1-5H3,(H,21,24)(H,22,26). The summed E-state index contributed by atoms with van der Waals surface area (Å²) in [4.78, 5) is 38.6. The van der Waals surface area contributed by atoms with Crippen LogP contribution in [0.5, 0.6) is 0 Å². The molecule has 0 radical (unpaired) electrons. The van der Waals surface area contributed by atoms with E-state index in [9.17, 15) is 14.4 Å². The normalized spacial score (nSPS) is 27.6. The summed E-state index contributed by atoms with van der Waals surface area (Å²) in [5.74, 6) is 0.0657. The first kappa shape index (κ1) is 20.7. The van der Waals surface area contributed by atoms with Gasteiger partial charge in [0.25, 0.3) is 5.91 Å². The van der Waals surface area contributed by atoms with E-state index in [1.54, 1.807) is 0 Å². The molecular formula is C20H35N3O3. The van der Waals surface area contributed by atoms with Crippen molar-refractivity contribution in [3.05, 3.63) is 0 Å². The van der Waals surface area contributed by atoms with E-state index < -0.39 is 11.6 Å². The van der Waals surface area contributed by atoms with Gasteiger partial charge in [-0.25, -0.2) is 4.79 Å². The second kappa shape index (κ2) is 7.97. The summed E-state index contributed by atoms with van der Waals surface area (Å²) in [5.41, 5.74) is -0.547. The maximum atomic E-state index is 12.9. The van der Waals surface area contributed by atoms with Gasteiger partial charge in [0.1, 0.15) is 12.1 Å². The molecule has 0 aromatic rings. The van der Waals surface area contributed by atoms with Gasteiger partial charge in [-0.15, -0.1) is 0 Å². The fraction of sp³-hybridized carbons (Fsp3) is 0.850. The number of nitrogens with zero attached hydrogens (tertiary/aromatic N) is 1. The second-order valence-corrected chi connectivity index (χ2v) is 8.78. The molecule has 1 spiro atoms. The summed E-state index contributed by atoms with van der Waals surface area (Å²) in [6.07, 6.45) is 6.15. The molecule has 2 aliphatic rings. The van der Waals surface area contributed by atoms with Crippen LogP contribution in [0.15, 0.2) is 0 Å². The van der Waals surface area contributed by atoms with Crippen LogP contribution in [0.2, 0.25) is 0 Å². The Bertz CT molecular complexity index is 551. The highest BCUT2D eigenvalue weighted by atomic mass is 16.2. The SMILES string of the molecule is CCCC(C)NC(=O)CN1C(=O)NC2(CCC(C(C)(C)CC)CC2)C1=O. The van der Waals surface area contributed by atoms with Crippen molar-refractivity contribution in [2.75, 3.05) is 6.54 Å². The number of hydrogen-bond acceptors (Lipinski definition) is 3. The first-order chi connectivity index (χ1) is 12.1. The summed E-state index contributed by atoms with van der Waals surface area (Å²) in [6.45, 7) is 10.6. The van der Waals surface area contributed by atoms with Gasteiger partial charge in [0.05, 0.1) is 0 Å². The number of carbonyl (C=O) groups is 3. The van der Waals surface area contributed by atoms with Gasteiger partial charge in [-0.1, -0.05) is 40.5 Å². The van der Waals surface area contributed by atoms with E-state index in [2.05, 4.69) is 38.3 Å². The number of nitrogens with one attached hydrogen (secondary N) is 2. The molecule has 26 heavy (non-hydrogen) atoms. The average molecular weight is 366 g/mol. The first-order valence-electron chi connectivity index (χ1n) is 10.1. The molecule has 1 saturated heterocycles. The predicted octanol–water partition coefficient (Wildman–Crippen LogP) is 3.21. The Kier molecular flexibility index (Phi) is 6.35.